The average molecular weight is 271 g/mol. The second-order valence-corrected chi connectivity index (χ2v) is 4.46. The first kappa shape index (κ1) is 14.3. The highest BCUT2D eigenvalue weighted by molar-refractivity contribution is 7.61. The maximum atomic E-state index is 11.0. The average Bonchev–Trinajstić information content (AvgIpc) is 2.29. The molecule has 0 saturated carbocycles. The molecular formula is C10H13N3O4S. The van der Waals surface area contributed by atoms with Crippen LogP contribution in [-0.4, -0.2) is 36.6 Å². The van der Waals surface area contributed by atoms with Gasteiger partial charge in [-0.15, -0.1) is 0 Å². The van der Waals surface area contributed by atoms with Crippen molar-refractivity contribution >= 4 is 16.5 Å². The van der Waals surface area contributed by atoms with E-state index in [2.05, 4.69) is 14.7 Å². The van der Waals surface area contributed by atoms with Crippen LogP contribution in [0, 0.1) is 0 Å². The second-order valence-electron chi connectivity index (χ2n) is 3.85. The molecule has 0 aliphatic carbocycles. The lowest BCUT2D eigenvalue weighted by Crippen LogP contribution is -2.43. The van der Waals surface area contributed by atoms with Crippen LogP contribution in [0.25, 0.3) is 0 Å². The molecule has 0 aliphatic rings. The molecule has 0 amide bonds. The van der Waals surface area contributed by atoms with Crippen molar-refractivity contribution < 1.29 is 18.3 Å². The van der Waals surface area contributed by atoms with Crippen LogP contribution < -0.4 is 5.32 Å². The van der Waals surface area contributed by atoms with Gasteiger partial charge in [-0.05, 0) is 24.6 Å². The van der Waals surface area contributed by atoms with Crippen molar-refractivity contribution in [3.8, 4) is 0 Å². The lowest BCUT2D eigenvalue weighted by molar-refractivity contribution is -0.142. The summed E-state index contributed by atoms with van der Waals surface area (Å²) in [6.07, 6.45) is 3.23. The number of nitrogens with zero attached hydrogens (tertiary/aromatic N) is 2. The van der Waals surface area contributed by atoms with E-state index in [1.807, 2.05) is 0 Å². The Morgan fingerprint density at radius 1 is 1.50 bits per heavy atom. The zero-order valence-corrected chi connectivity index (χ0v) is 10.5. The lowest BCUT2D eigenvalue weighted by atomic mass is 10.1. The summed E-state index contributed by atoms with van der Waals surface area (Å²) in [5.74, 6) is -1.30. The summed E-state index contributed by atoms with van der Waals surface area (Å²) in [6.45, 7) is 1.57. The first-order valence-electron chi connectivity index (χ1n) is 5.09. The number of carbonyl (C=O) groups is 1. The molecule has 0 saturated heterocycles. The summed E-state index contributed by atoms with van der Waals surface area (Å²) in [6, 6.07) is 3.54. The Balaban J connectivity index is 2.65. The summed E-state index contributed by atoms with van der Waals surface area (Å²) in [4.78, 5) is 14.8. The van der Waals surface area contributed by atoms with Gasteiger partial charge in [-0.1, -0.05) is 0 Å². The van der Waals surface area contributed by atoms with Crippen LogP contribution in [-0.2, 0) is 21.8 Å². The highest BCUT2D eigenvalue weighted by atomic mass is 32.2. The van der Waals surface area contributed by atoms with Crippen molar-refractivity contribution in [1.82, 2.24) is 10.3 Å². The molecule has 1 rings (SSSR count). The molecule has 0 spiro atoms. The Morgan fingerprint density at radius 3 is 2.61 bits per heavy atom. The molecule has 98 valence electrons. The number of carboxylic acids is 1. The number of hydrogen-bond acceptors (Lipinski definition) is 6. The molecule has 2 N–H and O–H groups in total. The van der Waals surface area contributed by atoms with E-state index in [4.69, 9.17) is 5.11 Å². The van der Waals surface area contributed by atoms with Crippen LogP contribution in [0.4, 0.5) is 0 Å². The van der Waals surface area contributed by atoms with E-state index in [0.29, 0.717) is 6.54 Å². The Morgan fingerprint density at radius 2 is 2.11 bits per heavy atom. The summed E-state index contributed by atoms with van der Waals surface area (Å²) in [7, 11) is -2.76. The van der Waals surface area contributed by atoms with Crippen molar-refractivity contribution in [1.29, 1.82) is 0 Å². The first-order valence-corrected chi connectivity index (χ1v) is 6.12. The number of hydrogen-bond donors (Lipinski definition) is 2. The third-order valence-corrected chi connectivity index (χ3v) is 2.84. The predicted molar refractivity (Wildman–Crippen MR) is 63.3 cm³/mol. The molecular weight excluding hydrogens is 258 g/mol. The third-order valence-electron chi connectivity index (χ3n) is 2.28. The predicted octanol–water partition coefficient (Wildman–Crippen LogP) is 0.0772. The van der Waals surface area contributed by atoms with E-state index in [-0.39, 0.29) is 6.54 Å². The molecule has 1 aromatic rings. The van der Waals surface area contributed by atoms with Gasteiger partial charge >= 0.3 is 16.5 Å². The fourth-order valence-electron chi connectivity index (χ4n) is 1.26. The molecule has 0 aromatic carbocycles. The van der Waals surface area contributed by atoms with Crippen LogP contribution in [0.2, 0.25) is 0 Å². The van der Waals surface area contributed by atoms with Crippen LogP contribution in [0.1, 0.15) is 12.5 Å². The summed E-state index contributed by atoms with van der Waals surface area (Å²) >= 11 is 0. The molecule has 8 heteroatoms. The van der Waals surface area contributed by atoms with Gasteiger partial charge in [0, 0.05) is 25.5 Å². The third kappa shape index (κ3) is 4.22. The minimum Gasteiger partial charge on any atom is -0.479 e. The van der Waals surface area contributed by atoms with E-state index in [1.54, 1.807) is 24.5 Å². The van der Waals surface area contributed by atoms with Gasteiger partial charge in [0.15, 0.2) is 5.54 Å². The molecule has 1 heterocycles. The van der Waals surface area contributed by atoms with Crippen molar-refractivity contribution in [3.05, 3.63) is 30.1 Å². The van der Waals surface area contributed by atoms with Crippen molar-refractivity contribution in [2.24, 2.45) is 4.36 Å². The Kier molecular flexibility index (Phi) is 4.93. The van der Waals surface area contributed by atoms with Crippen molar-refractivity contribution in [2.75, 3.05) is 6.54 Å². The number of aliphatic carboxylic acids is 1. The van der Waals surface area contributed by atoms with E-state index in [1.165, 1.54) is 6.92 Å². The standard InChI is InChI=1S/C10H13N3O4S/c1-10(9(14)15,13-18(16)17)7-12-6-8-2-4-11-5-3-8/h2-5,12H,6-7H2,1H3,(H,14,15). The van der Waals surface area contributed by atoms with Gasteiger partial charge in [0.05, 0.1) is 0 Å². The Bertz CT molecular complexity index is 536. The largest absolute Gasteiger partial charge is 0.479 e. The summed E-state index contributed by atoms with van der Waals surface area (Å²) < 4.78 is 24.2. The molecule has 0 radical (unpaired) electrons. The molecule has 1 atom stereocenters. The Labute approximate surface area is 106 Å². The topological polar surface area (TPSA) is 109 Å². The highest BCUT2D eigenvalue weighted by Gasteiger charge is 2.33. The van der Waals surface area contributed by atoms with Crippen LogP contribution >= 0.6 is 0 Å². The van der Waals surface area contributed by atoms with Gasteiger partial charge < -0.3 is 10.4 Å². The Hall–Kier alpha value is -1.80. The van der Waals surface area contributed by atoms with Gasteiger partial charge in [-0.25, -0.2) is 4.79 Å². The number of aromatic nitrogens is 1. The molecule has 18 heavy (non-hydrogen) atoms. The number of carboxylic acid groups (broad SMARTS) is 1. The molecule has 7 nitrogen and oxygen atoms in total. The monoisotopic (exact) mass is 271 g/mol. The lowest BCUT2D eigenvalue weighted by Gasteiger charge is -2.18. The van der Waals surface area contributed by atoms with Gasteiger partial charge in [0.1, 0.15) is 0 Å². The maximum absolute atomic E-state index is 11.0. The highest BCUT2D eigenvalue weighted by Crippen LogP contribution is 2.09. The summed E-state index contributed by atoms with van der Waals surface area (Å²) in [5.41, 5.74) is -0.777. The minimum atomic E-state index is -2.76. The molecule has 1 unspecified atom stereocenters. The zero-order valence-electron chi connectivity index (χ0n) is 9.70. The number of nitrogens with one attached hydrogen (secondary N) is 1. The first-order chi connectivity index (χ1) is 8.44. The van der Waals surface area contributed by atoms with Crippen molar-refractivity contribution in [3.63, 3.8) is 0 Å². The zero-order chi connectivity index (χ0) is 13.6. The van der Waals surface area contributed by atoms with Gasteiger partial charge in [0.2, 0.25) is 0 Å². The number of rotatable bonds is 6. The van der Waals surface area contributed by atoms with Crippen LogP contribution in [0.3, 0.4) is 0 Å². The quantitative estimate of drug-likeness (QED) is 0.758. The fourth-order valence-corrected chi connectivity index (χ4v) is 1.73. The fraction of sp³-hybridized carbons (Fsp3) is 0.400. The van der Waals surface area contributed by atoms with Crippen LogP contribution in [0.15, 0.2) is 28.9 Å². The van der Waals surface area contributed by atoms with E-state index < -0.39 is 22.0 Å². The second kappa shape index (κ2) is 6.22. The van der Waals surface area contributed by atoms with Gasteiger partial charge in [0.25, 0.3) is 0 Å². The molecule has 0 fully saturated rings. The van der Waals surface area contributed by atoms with Gasteiger partial charge in [-0.3, -0.25) is 4.98 Å². The SMILES string of the molecule is CC(CNCc1ccncc1)(N=S(=O)=O)C(=O)O. The minimum absolute atomic E-state index is 0.0847. The van der Waals surface area contributed by atoms with E-state index in [9.17, 15) is 13.2 Å². The van der Waals surface area contributed by atoms with E-state index >= 15 is 0 Å². The smallest absolute Gasteiger partial charge is 0.333 e. The normalized spacial score (nSPS) is 13.6. The van der Waals surface area contributed by atoms with Crippen molar-refractivity contribution in [2.45, 2.75) is 19.0 Å². The van der Waals surface area contributed by atoms with Gasteiger partial charge in [-0.2, -0.15) is 12.8 Å². The number of pyridine rings is 1. The maximum Gasteiger partial charge on any atom is 0.333 e. The molecule has 1 aromatic heterocycles. The van der Waals surface area contributed by atoms with Crippen LogP contribution in [0.5, 0.6) is 0 Å². The molecule has 0 aliphatic heterocycles. The summed E-state index contributed by atoms with van der Waals surface area (Å²) in [5, 5.41) is 11.8. The molecule has 0 bridgehead atoms. The van der Waals surface area contributed by atoms with E-state index in [0.717, 1.165) is 5.56 Å².